The van der Waals surface area contributed by atoms with Crippen LogP contribution in [0.1, 0.15) is 18.4 Å². The first-order valence-corrected chi connectivity index (χ1v) is 8.07. The summed E-state index contributed by atoms with van der Waals surface area (Å²) in [5.41, 5.74) is 3.46. The van der Waals surface area contributed by atoms with Crippen LogP contribution in [0.2, 0.25) is 0 Å². The fourth-order valence-electron chi connectivity index (χ4n) is 3.76. The molecule has 0 aromatic heterocycles. The van der Waals surface area contributed by atoms with E-state index >= 15 is 0 Å². The Morgan fingerprint density at radius 1 is 1.17 bits per heavy atom. The molecule has 1 N–H and O–H groups in total. The average molecular weight is 330 g/mol. The van der Waals surface area contributed by atoms with E-state index in [0.29, 0.717) is 5.75 Å². The number of hydrogen-bond donors (Lipinski definition) is 1. The summed E-state index contributed by atoms with van der Waals surface area (Å²) in [6, 6.07) is 7.26. The zero-order chi connectivity index (χ0) is 16.8. The Morgan fingerprint density at radius 2 is 1.75 bits per heavy atom. The van der Waals surface area contributed by atoms with Gasteiger partial charge in [0.15, 0.2) is 6.61 Å². The molecule has 1 aromatic rings. The molecule has 3 amide bonds. The molecular formula is C17H18N2O5. The highest BCUT2D eigenvalue weighted by atomic mass is 16.5. The Balaban J connectivity index is 1.37. The second-order valence-corrected chi connectivity index (χ2v) is 6.49. The minimum Gasteiger partial charge on any atom is -0.484 e. The number of amides is 3. The number of ether oxygens (including phenoxy) is 2. The molecule has 2 bridgehead atoms. The molecule has 4 rings (SSSR count). The third-order valence-electron chi connectivity index (χ3n) is 4.91. The minimum atomic E-state index is -0.537. The molecule has 0 aliphatic carbocycles. The number of fused-ring (bicyclic) bond motifs is 5. The van der Waals surface area contributed by atoms with Crippen LogP contribution >= 0.6 is 0 Å². The lowest BCUT2D eigenvalue weighted by Gasteiger charge is -2.18. The second kappa shape index (κ2) is 5.59. The van der Waals surface area contributed by atoms with E-state index in [9.17, 15) is 14.4 Å². The highest BCUT2D eigenvalue weighted by molar-refractivity contribution is 6.07. The average Bonchev–Trinajstić information content (AvgIpc) is 3.24. The van der Waals surface area contributed by atoms with Crippen LogP contribution in [0.4, 0.5) is 0 Å². The van der Waals surface area contributed by atoms with E-state index in [0.717, 1.165) is 23.4 Å². The van der Waals surface area contributed by atoms with Gasteiger partial charge in [0.05, 0.1) is 24.0 Å². The van der Waals surface area contributed by atoms with E-state index in [1.165, 1.54) is 0 Å². The lowest BCUT2D eigenvalue weighted by atomic mass is 9.81. The van der Waals surface area contributed by atoms with Crippen molar-refractivity contribution in [3.8, 4) is 5.75 Å². The SMILES string of the molecule is Cc1ccc(OCC(=O)NN2C(=O)[C@@H]3[C@H](C2=O)[C@H]2CC[C@@H]3O2)cc1. The summed E-state index contributed by atoms with van der Waals surface area (Å²) in [5.74, 6) is -1.63. The number of nitrogens with zero attached hydrogens (tertiary/aromatic N) is 1. The van der Waals surface area contributed by atoms with E-state index in [4.69, 9.17) is 9.47 Å². The van der Waals surface area contributed by atoms with Gasteiger partial charge in [-0.15, -0.1) is 0 Å². The highest BCUT2D eigenvalue weighted by Crippen LogP contribution is 2.47. The lowest BCUT2D eigenvalue weighted by molar-refractivity contribution is -0.151. The maximum Gasteiger partial charge on any atom is 0.276 e. The molecule has 0 saturated carbocycles. The monoisotopic (exact) mass is 330 g/mol. The maximum absolute atomic E-state index is 12.4. The van der Waals surface area contributed by atoms with Crippen LogP contribution in [0.25, 0.3) is 0 Å². The Hall–Kier alpha value is -2.41. The van der Waals surface area contributed by atoms with Crippen LogP contribution in [0.5, 0.6) is 5.75 Å². The molecule has 4 atom stereocenters. The van der Waals surface area contributed by atoms with Gasteiger partial charge in [-0.3, -0.25) is 19.8 Å². The summed E-state index contributed by atoms with van der Waals surface area (Å²) in [6.45, 7) is 1.69. The van der Waals surface area contributed by atoms with Crippen LogP contribution in [-0.4, -0.2) is 41.5 Å². The predicted octanol–water partition coefficient (Wildman–Crippen LogP) is 0.567. The first kappa shape index (κ1) is 15.1. The van der Waals surface area contributed by atoms with Crippen LogP contribution in [0.3, 0.4) is 0 Å². The Morgan fingerprint density at radius 3 is 2.33 bits per heavy atom. The number of nitrogens with one attached hydrogen (secondary N) is 1. The third kappa shape index (κ3) is 2.36. The number of aryl methyl sites for hydroxylation is 1. The number of carbonyl (C=O) groups excluding carboxylic acids is 3. The van der Waals surface area contributed by atoms with Crippen molar-refractivity contribution in [1.29, 1.82) is 0 Å². The van der Waals surface area contributed by atoms with Crippen LogP contribution in [0.15, 0.2) is 24.3 Å². The Bertz CT molecular complexity index is 673. The summed E-state index contributed by atoms with van der Waals surface area (Å²) in [6.07, 6.45) is 1.20. The number of carbonyl (C=O) groups is 3. The first-order valence-electron chi connectivity index (χ1n) is 8.07. The molecule has 7 nitrogen and oxygen atoms in total. The molecule has 0 unspecified atom stereocenters. The molecule has 0 radical (unpaired) electrons. The number of hydrazine groups is 1. The van der Waals surface area contributed by atoms with E-state index in [1.54, 1.807) is 12.1 Å². The quantitative estimate of drug-likeness (QED) is 0.816. The molecule has 3 aliphatic heterocycles. The van der Waals surface area contributed by atoms with E-state index in [2.05, 4.69) is 5.43 Å². The molecule has 1 aromatic carbocycles. The van der Waals surface area contributed by atoms with E-state index in [-0.39, 0.29) is 30.6 Å². The van der Waals surface area contributed by atoms with Crippen LogP contribution < -0.4 is 10.2 Å². The zero-order valence-electron chi connectivity index (χ0n) is 13.2. The summed E-state index contributed by atoms with van der Waals surface area (Å²) < 4.78 is 11.0. The minimum absolute atomic E-state index is 0.192. The number of rotatable bonds is 4. The molecular weight excluding hydrogens is 312 g/mol. The standard InChI is InChI=1S/C17H18N2O5/c1-9-2-4-10(5-3-9)23-8-13(20)18-19-16(21)14-11-6-7-12(24-11)15(14)17(19)22/h2-5,11-12,14-15H,6-8H2,1H3,(H,18,20)/t11-,12+,14-,15+. The van der Waals surface area contributed by atoms with Crippen molar-refractivity contribution >= 4 is 17.7 Å². The van der Waals surface area contributed by atoms with Crippen molar-refractivity contribution in [2.45, 2.75) is 32.0 Å². The third-order valence-corrected chi connectivity index (χ3v) is 4.91. The summed E-state index contributed by atoms with van der Waals surface area (Å²) in [5, 5.41) is 0.851. The zero-order valence-corrected chi connectivity index (χ0v) is 13.2. The van der Waals surface area contributed by atoms with Crippen molar-refractivity contribution in [3.05, 3.63) is 29.8 Å². The number of hydrogen-bond acceptors (Lipinski definition) is 5. The maximum atomic E-state index is 12.4. The molecule has 7 heteroatoms. The Labute approximate surface area is 138 Å². The number of imide groups is 1. The van der Waals surface area contributed by atoms with Gasteiger partial charge in [0.1, 0.15) is 5.75 Å². The van der Waals surface area contributed by atoms with Gasteiger partial charge >= 0.3 is 0 Å². The van der Waals surface area contributed by atoms with Gasteiger partial charge in [0.2, 0.25) is 0 Å². The van der Waals surface area contributed by atoms with E-state index < -0.39 is 17.7 Å². The van der Waals surface area contributed by atoms with E-state index in [1.807, 2.05) is 19.1 Å². The van der Waals surface area contributed by atoms with Crippen molar-refractivity contribution < 1.29 is 23.9 Å². The molecule has 3 fully saturated rings. The van der Waals surface area contributed by atoms with Gasteiger partial charge in [-0.2, -0.15) is 5.01 Å². The molecule has 3 heterocycles. The lowest BCUT2D eigenvalue weighted by Crippen LogP contribution is -2.49. The predicted molar refractivity (Wildman–Crippen MR) is 81.5 cm³/mol. The first-order chi connectivity index (χ1) is 11.5. The second-order valence-electron chi connectivity index (χ2n) is 6.49. The normalized spacial score (nSPS) is 30.6. The van der Waals surface area contributed by atoms with Gasteiger partial charge < -0.3 is 9.47 Å². The molecule has 126 valence electrons. The number of benzene rings is 1. The van der Waals surface area contributed by atoms with Crippen molar-refractivity contribution in [1.82, 2.24) is 10.4 Å². The fourth-order valence-corrected chi connectivity index (χ4v) is 3.76. The van der Waals surface area contributed by atoms with Crippen molar-refractivity contribution in [2.24, 2.45) is 11.8 Å². The van der Waals surface area contributed by atoms with Gasteiger partial charge in [0, 0.05) is 0 Å². The summed E-state index contributed by atoms with van der Waals surface area (Å²) in [4.78, 5) is 36.8. The molecule has 24 heavy (non-hydrogen) atoms. The van der Waals surface area contributed by atoms with Gasteiger partial charge in [-0.05, 0) is 31.9 Å². The van der Waals surface area contributed by atoms with Gasteiger partial charge in [-0.1, -0.05) is 17.7 Å². The summed E-state index contributed by atoms with van der Waals surface area (Å²) in [7, 11) is 0. The van der Waals surface area contributed by atoms with Crippen molar-refractivity contribution in [3.63, 3.8) is 0 Å². The fraction of sp³-hybridized carbons (Fsp3) is 0.471. The highest BCUT2D eigenvalue weighted by Gasteiger charge is 2.62. The molecule has 3 saturated heterocycles. The Kier molecular flexibility index (Phi) is 3.53. The van der Waals surface area contributed by atoms with Gasteiger partial charge in [-0.25, -0.2) is 0 Å². The van der Waals surface area contributed by atoms with Gasteiger partial charge in [0.25, 0.3) is 17.7 Å². The molecule has 0 spiro atoms. The summed E-state index contributed by atoms with van der Waals surface area (Å²) >= 11 is 0. The smallest absolute Gasteiger partial charge is 0.276 e. The van der Waals surface area contributed by atoms with Crippen molar-refractivity contribution in [2.75, 3.05) is 6.61 Å². The largest absolute Gasteiger partial charge is 0.484 e. The van der Waals surface area contributed by atoms with Crippen LogP contribution in [0, 0.1) is 18.8 Å². The van der Waals surface area contributed by atoms with Crippen LogP contribution in [-0.2, 0) is 19.1 Å². The molecule has 3 aliphatic rings. The topological polar surface area (TPSA) is 84.9 Å².